The molecule has 1 saturated heterocycles. The molecular weight excluding hydrogens is 350 g/mol. The van der Waals surface area contributed by atoms with Crippen LogP contribution in [0.3, 0.4) is 0 Å². The lowest BCUT2D eigenvalue weighted by Crippen LogP contribution is -2.36. The van der Waals surface area contributed by atoms with E-state index >= 15 is 0 Å². The summed E-state index contributed by atoms with van der Waals surface area (Å²) >= 11 is 0. The molecule has 3 heterocycles. The summed E-state index contributed by atoms with van der Waals surface area (Å²) in [5, 5.41) is 4.60. The normalized spacial score (nSPS) is 18.7. The van der Waals surface area contributed by atoms with Crippen molar-refractivity contribution in [3.63, 3.8) is 0 Å². The molecule has 6 heteroatoms. The Morgan fingerprint density at radius 2 is 1.82 bits per heavy atom. The maximum atomic E-state index is 5.46. The second-order valence-electron chi connectivity index (χ2n) is 7.93. The van der Waals surface area contributed by atoms with Gasteiger partial charge in [-0.2, -0.15) is 5.10 Å². The summed E-state index contributed by atoms with van der Waals surface area (Å²) in [6.07, 6.45) is 10.4. The number of benzene rings is 1. The summed E-state index contributed by atoms with van der Waals surface area (Å²) in [6.45, 7) is 3.24. The summed E-state index contributed by atoms with van der Waals surface area (Å²) < 4.78 is 7.53. The Bertz CT molecular complexity index is 970. The number of fused-ring (bicyclic) bond motifs is 1. The van der Waals surface area contributed by atoms with Crippen molar-refractivity contribution in [2.24, 2.45) is 7.05 Å². The van der Waals surface area contributed by atoms with E-state index in [0.717, 1.165) is 43.2 Å². The van der Waals surface area contributed by atoms with E-state index in [9.17, 15) is 0 Å². The third-order valence-electron chi connectivity index (χ3n) is 6.15. The molecule has 2 fully saturated rings. The summed E-state index contributed by atoms with van der Waals surface area (Å²) in [5.74, 6) is 1.55. The van der Waals surface area contributed by atoms with Crippen molar-refractivity contribution >= 4 is 16.9 Å². The second-order valence-corrected chi connectivity index (χ2v) is 7.93. The molecule has 1 aromatic carbocycles. The molecule has 3 aromatic rings. The highest BCUT2D eigenvalue weighted by molar-refractivity contribution is 5.82. The smallest absolute Gasteiger partial charge is 0.148 e. The van der Waals surface area contributed by atoms with Crippen molar-refractivity contribution in [2.75, 3.05) is 31.2 Å². The SMILES string of the molecule is Cn1ncc(-c2ccc3ncc(N4CCOCC4)nc3c2)c1C1CCCCC1. The number of aryl methyl sites for hydroxylation is 1. The molecule has 0 atom stereocenters. The van der Waals surface area contributed by atoms with Gasteiger partial charge in [0.1, 0.15) is 5.82 Å². The minimum Gasteiger partial charge on any atom is -0.378 e. The third kappa shape index (κ3) is 3.26. The van der Waals surface area contributed by atoms with E-state index in [1.165, 1.54) is 48.9 Å². The molecule has 0 bridgehead atoms. The zero-order valence-electron chi connectivity index (χ0n) is 16.5. The summed E-state index contributed by atoms with van der Waals surface area (Å²) in [5.41, 5.74) is 5.68. The van der Waals surface area contributed by atoms with Crippen LogP contribution in [-0.2, 0) is 11.8 Å². The van der Waals surface area contributed by atoms with Crippen LogP contribution < -0.4 is 4.90 Å². The fourth-order valence-corrected chi connectivity index (χ4v) is 4.64. The first-order chi connectivity index (χ1) is 13.8. The first kappa shape index (κ1) is 17.6. The average molecular weight is 377 g/mol. The Morgan fingerprint density at radius 3 is 2.64 bits per heavy atom. The molecule has 0 amide bonds. The van der Waals surface area contributed by atoms with Gasteiger partial charge in [0.2, 0.25) is 0 Å². The van der Waals surface area contributed by atoms with Gasteiger partial charge >= 0.3 is 0 Å². The van der Waals surface area contributed by atoms with Gasteiger partial charge in [0.05, 0.1) is 36.6 Å². The van der Waals surface area contributed by atoms with Crippen LogP contribution in [0.1, 0.15) is 43.7 Å². The van der Waals surface area contributed by atoms with Crippen LogP contribution in [0.2, 0.25) is 0 Å². The van der Waals surface area contributed by atoms with Crippen molar-refractivity contribution in [1.82, 2.24) is 19.7 Å². The number of ether oxygens (including phenoxy) is 1. The van der Waals surface area contributed by atoms with Gasteiger partial charge in [0, 0.05) is 37.3 Å². The van der Waals surface area contributed by atoms with Gasteiger partial charge in [-0.1, -0.05) is 25.3 Å². The number of nitrogens with zero attached hydrogens (tertiary/aromatic N) is 5. The number of morpholine rings is 1. The molecule has 28 heavy (non-hydrogen) atoms. The fraction of sp³-hybridized carbons (Fsp3) is 0.500. The number of rotatable bonds is 3. The van der Waals surface area contributed by atoms with Gasteiger partial charge in [-0.3, -0.25) is 9.67 Å². The van der Waals surface area contributed by atoms with E-state index in [2.05, 4.69) is 44.9 Å². The fourth-order valence-electron chi connectivity index (χ4n) is 4.64. The molecule has 6 nitrogen and oxygen atoms in total. The number of hydrogen-bond donors (Lipinski definition) is 0. The quantitative estimate of drug-likeness (QED) is 0.693. The largest absolute Gasteiger partial charge is 0.378 e. The number of hydrogen-bond acceptors (Lipinski definition) is 5. The van der Waals surface area contributed by atoms with E-state index in [1.807, 2.05) is 12.4 Å². The van der Waals surface area contributed by atoms with E-state index in [1.54, 1.807) is 0 Å². The monoisotopic (exact) mass is 377 g/mol. The maximum absolute atomic E-state index is 5.46. The van der Waals surface area contributed by atoms with E-state index in [4.69, 9.17) is 9.72 Å². The van der Waals surface area contributed by atoms with Gasteiger partial charge in [0.25, 0.3) is 0 Å². The van der Waals surface area contributed by atoms with Crippen LogP contribution in [-0.4, -0.2) is 46.1 Å². The van der Waals surface area contributed by atoms with Gasteiger partial charge in [-0.25, -0.2) is 4.98 Å². The van der Waals surface area contributed by atoms with Crippen LogP contribution in [0, 0.1) is 0 Å². The summed E-state index contributed by atoms with van der Waals surface area (Å²) in [7, 11) is 2.07. The van der Waals surface area contributed by atoms with E-state index < -0.39 is 0 Å². The summed E-state index contributed by atoms with van der Waals surface area (Å²) in [6, 6.07) is 6.42. The molecule has 0 unspecified atom stereocenters. The van der Waals surface area contributed by atoms with Crippen molar-refractivity contribution < 1.29 is 4.74 Å². The number of aromatic nitrogens is 4. The predicted molar refractivity (Wildman–Crippen MR) is 111 cm³/mol. The molecule has 2 aromatic heterocycles. The lowest BCUT2D eigenvalue weighted by molar-refractivity contribution is 0.122. The zero-order chi connectivity index (χ0) is 18.9. The van der Waals surface area contributed by atoms with E-state index in [0.29, 0.717) is 5.92 Å². The van der Waals surface area contributed by atoms with Crippen LogP contribution in [0.15, 0.2) is 30.6 Å². The Balaban J connectivity index is 1.52. The van der Waals surface area contributed by atoms with Crippen LogP contribution in [0.4, 0.5) is 5.82 Å². The molecule has 2 aliphatic rings. The topological polar surface area (TPSA) is 56.1 Å². The average Bonchev–Trinajstić information content (AvgIpc) is 3.15. The molecule has 1 aliphatic heterocycles. The van der Waals surface area contributed by atoms with Crippen molar-refractivity contribution in [3.8, 4) is 11.1 Å². The standard InChI is InChI=1S/C22H27N5O/c1-26-22(16-5-3-2-4-6-16)18(14-24-26)17-7-8-19-20(13-17)25-21(15-23-19)27-9-11-28-12-10-27/h7-8,13-16H,2-6,9-12H2,1H3. The highest BCUT2D eigenvalue weighted by Crippen LogP contribution is 2.38. The maximum Gasteiger partial charge on any atom is 0.148 e. The predicted octanol–water partition coefficient (Wildman–Crippen LogP) is 3.91. The number of anilines is 1. The molecule has 1 aliphatic carbocycles. The molecule has 5 rings (SSSR count). The van der Waals surface area contributed by atoms with Crippen molar-refractivity contribution in [3.05, 3.63) is 36.3 Å². The van der Waals surface area contributed by atoms with Crippen molar-refractivity contribution in [1.29, 1.82) is 0 Å². The first-order valence-corrected chi connectivity index (χ1v) is 10.4. The Labute approximate surface area is 165 Å². The highest BCUT2D eigenvalue weighted by atomic mass is 16.5. The Hall–Kier alpha value is -2.47. The second kappa shape index (κ2) is 7.51. The molecule has 1 saturated carbocycles. The summed E-state index contributed by atoms with van der Waals surface area (Å²) in [4.78, 5) is 11.8. The van der Waals surface area contributed by atoms with Crippen LogP contribution in [0.5, 0.6) is 0 Å². The molecule has 0 radical (unpaired) electrons. The van der Waals surface area contributed by atoms with Crippen LogP contribution >= 0.6 is 0 Å². The Morgan fingerprint density at radius 1 is 1.00 bits per heavy atom. The lowest BCUT2D eigenvalue weighted by atomic mass is 9.84. The van der Waals surface area contributed by atoms with Gasteiger partial charge in [-0.15, -0.1) is 0 Å². The van der Waals surface area contributed by atoms with Crippen molar-refractivity contribution in [2.45, 2.75) is 38.0 Å². The minimum absolute atomic E-state index is 0.609. The molecule has 0 spiro atoms. The molecule has 146 valence electrons. The molecular formula is C22H27N5O. The van der Waals surface area contributed by atoms with Gasteiger partial charge < -0.3 is 9.64 Å². The van der Waals surface area contributed by atoms with Gasteiger partial charge in [0.15, 0.2) is 0 Å². The van der Waals surface area contributed by atoms with Crippen LogP contribution in [0.25, 0.3) is 22.2 Å². The highest BCUT2D eigenvalue weighted by Gasteiger charge is 2.23. The van der Waals surface area contributed by atoms with E-state index in [-0.39, 0.29) is 0 Å². The van der Waals surface area contributed by atoms with Gasteiger partial charge in [-0.05, 0) is 30.5 Å². The minimum atomic E-state index is 0.609. The zero-order valence-corrected chi connectivity index (χ0v) is 16.5. The third-order valence-corrected chi connectivity index (χ3v) is 6.15. The Kier molecular flexibility index (Phi) is 4.72. The lowest BCUT2D eigenvalue weighted by Gasteiger charge is -2.27. The molecule has 0 N–H and O–H groups in total. The first-order valence-electron chi connectivity index (χ1n) is 10.4.